The summed E-state index contributed by atoms with van der Waals surface area (Å²) in [5.74, 6) is -0.529. The number of phosphoric acid groups is 1. The molecule has 2 heterocycles. The number of phosphoric ester groups is 1. The first kappa shape index (κ1) is 15.1. The summed E-state index contributed by atoms with van der Waals surface area (Å²) < 4.78 is 22.4. The monoisotopic (exact) mass is 303 g/mol. The SMILES string of the molecule is NC(=O)c1ccc[n+]([C@H]2CC[C@@H](COP(=O)(O)O)O2)c1. The second kappa shape index (κ2) is 5.99. The Morgan fingerprint density at radius 3 is 2.95 bits per heavy atom. The molecular formula is C11H16N2O6P+. The van der Waals surface area contributed by atoms with Crippen molar-refractivity contribution in [3.05, 3.63) is 30.1 Å². The van der Waals surface area contributed by atoms with E-state index in [2.05, 4.69) is 4.52 Å². The molecule has 2 rings (SSSR count). The Labute approximate surface area is 115 Å². The zero-order valence-electron chi connectivity index (χ0n) is 10.6. The van der Waals surface area contributed by atoms with Crippen LogP contribution in [0.25, 0.3) is 0 Å². The van der Waals surface area contributed by atoms with E-state index in [0.29, 0.717) is 18.4 Å². The third kappa shape index (κ3) is 4.09. The van der Waals surface area contributed by atoms with Gasteiger partial charge in [-0.05, 0) is 12.5 Å². The van der Waals surface area contributed by atoms with Gasteiger partial charge >= 0.3 is 7.82 Å². The molecule has 1 fully saturated rings. The van der Waals surface area contributed by atoms with Gasteiger partial charge in [-0.1, -0.05) is 0 Å². The van der Waals surface area contributed by atoms with Crippen LogP contribution in [0.4, 0.5) is 0 Å². The molecule has 0 saturated carbocycles. The van der Waals surface area contributed by atoms with Crippen LogP contribution in [0.5, 0.6) is 0 Å². The molecule has 1 aromatic heterocycles. The normalized spacial score (nSPS) is 22.9. The summed E-state index contributed by atoms with van der Waals surface area (Å²) in [6.45, 7) is -0.170. The molecule has 1 aromatic rings. The lowest BCUT2D eigenvalue weighted by Crippen LogP contribution is -2.40. The Morgan fingerprint density at radius 2 is 2.30 bits per heavy atom. The fourth-order valence-corrected chi connectivity index (χ4v) is 2.39. The van der Waals surface area contributed by atoms with E-state index in [0.717, 1.165) is 0 Å². The topological polar surface area (TPSA) is 123 Å². The number of hydrogen-bond acceptors (Lipinski definition) is 4. The van der Waals surface area contributed by atoms with Crippen molar-refractivity contribution in [3.8, 4) is 0 Å². The molecule has 0 spiro atoms. The van der Waals surface area contributed by atoms with Gasteiger partial charge in [0.1, 0.15) is 5.56 Å². The van der Waals surface area contributed by atoms with Gasteiger partial charge in [-0.3, -0.25) is 9.32 Å². The predicted molar refractivity (Wildman–Crippen MR) is 66.3 cm³/mol. The highest BCUT2D eigenvalue weighted by molar-refractivity contribution is 7.46. The average Bonchev–Trinajstić information content (AvgIpc) is 2.84. The molecule has 20 heavy (non-hydrogen) atoms. The van der Waals surface area contributed by atoms with Crippen molar-refractivity contribution in [2.24, 2.45) is 5.73 Å². The third-order valence-corrected chi connectivity index (χ3v) is 3.44. The molecule has 0 aromatic carbocycles. The molecule has 1 saturated heterocycles. The minimum absolute atomic E-state index is 0.170. The van der Waals surface area contributed by atoms with Crippen LogP contribution in [-0.2, 0) is 13.8 Å². The van der Waals surface area contributed by atoms with Crippen molar-refractivity contribution in [3.63, 3.8) is 0 Å². The Balaban J connectivity index is 1.97. The summed E-state index contributed by atoms with van der Waals surface area (Å²) in [4.78, 5) is 28.4. The van der Waals surface area contributed by atoms with E-state index in [9.17, 15) is 9.36 Å². The standard InChI is InChI=1S/C11H15N2O6P/c12-11(14)8-2-1-5-13(6-8)10-4-3-9(19-10)7-18-20(15,16)17/h1-2,5-6,9-10H,3-4,7H2,(H3-,12,14,15,16,17)/p+1/t9-,10+/m0/s1. The fraction of sp³-hybridized carbons (Fsp3) is 0.455. The van der Waals surface area contributed by atoms with E-state index >= 15 is 0 Å². The Hall–Kier alpha value is -1.31. The first-order chi connectivity index (χ1) is 9.35. The largest absolute Gasteiger partial charge is 0.469 e. The minimum Gasteiger partial charge on any atom is -0.365 e. The third-order valence-electron chi connectivity index (χ3n) is 2.95. The number of primary amides is 1. The summed E-state index contributed by atoms with van der Waals surface area (Å²) in [6.07, 6.45) is 3.89. The summed E-state index contributed by atoms with van der Waals surface area (Å²) in [7, 11) is -4.48. The predicted octanol–water partition coefficient (Wildman–Crippen LogP) is -0.140. The summed E-state index contributed by atoms with van der Waals surface area (Å²) in [5, 5.41) is 0. The maximum atomic E-state index is 11.1. The van der Waals surface area contributed by atoms with Crippen molar-refractivity contribution in [1.29, 1.82) is 0 Å². The molecule has 0 aliphatic carbocycles. The number of amides is 1. The van der Waals surface area contributed by atoms with Gasteiger partial charge in [-0.2, -0.15) is 4.57 Å². The van der Waals surface area contributed by atoms with E-state index in [4.69, 9.17) is 20.3 Å². The maximum absolute atomic E-state index is 11.1. The number of nitrogens with zero attached hydrogens (tertiary/aromatic N) is 1. The first-order valence-electron chi connectivity index (χ1n) is 6.01. The molecule has 1 aliphatic heterocycles. The molecule has 2 atom stereocenters. The lowest BCUT2D eigenvalue weighted by atomic mass is 10.2. The smallest absolute Gasteiger partial charge is 0.365 e. The second-order valence-corrected chi connectivity index (χ2v) is 5.72. The van der Waals surface area contributed by atoms with E-state index in [1.165, 1.54) is 0 Å². The fourth-order valence-electron chi connectivity index (χ4n) is 2.03. The van der Waals surface area contributed by atoms with E-state index in [1.54, 1.807) is 29.1 Å². The molecule has 1 aliphatic rings. The Kier molecular flexibility index (Phi) is 4.52. The average molecular weight is 303 g/mol. The van der Waals surface area contributed by atoms with E-state index in [1.807, 2.05) is 0 Å². The van der Waals surface area contributed by atoms with Crippen LogP contribution < -0.4 is 10.3 Å². The van der Waals surface area contributed by atoms with Gasteiger partial charge in [0.15, 0.2) is 12.4 Å². The molecule has 0 radical (unpaired) electrons. The summed E-state index contributed by atoms with van der Waals surface area (Å²) in [5.41, 5.74) is 5.57. The number of ether oxygens (including phenoxy) is 1. The van der Waals surface area contributed by atoms with Gasteiger partial charge in [-0.25, -0.2) is 4.57 Å². The van der Waals surface area contributed by atoms with E-state index in [-0.39, 0.29) is 12.8 Å². The molecule has 4 N–H and O–H groups in total. The number of aromatic nitrogens is 1. The molecule has 1 amide bonds. The number of carbonyl (C=O) groups excluding carboxylic acids is 1. The molecule has 0 unspecified atom stereocenters. The number of carbonyl (C=O) groups is 1. The second-order valence-electron chi connectivity index (χ2n) is 4.48. The minimum atomic E-state index is -4.48. The number of pyridine rings is 1. The number of hydrogen-bond donors (Lipinski definition) is 3. The highest BCUT2D eigenvalue weighted by Crippen LogP contribution is 2.37. The zero-order chi connectivity index (χ0) is 14.8. The van der Waals surface area contributed by atoms with Gasteiger partial charge in [0.25, 0.3) is 12.1 Å². The summed E-state index contributed by atoms with van der Waals surface area (Å²) in [6, 6.07) is 3.28. The Bertz CT molecular complexity index is 545. The lowest BCUT2D eigenvalue weighted by molar-refractivity contribution is -0.759. The molecule has 8 nitrogen and oxygen atoms in total. The van der Waals surface area contributed by atoms with Crippen molar-refractivity contribution in [2.45, 2.75) is 25.2 Å². The highest BCUT2D eigenvalue weighted by atomic mass is 31.2. The molecule has 110 valence electrons. The van der Waals surface area contributed by atoms with Crippen molar-refractivity contribution < 1.29 is 33.0 Å². The van der Waals surface area contributed by atoms with Gasteiger partial charge in [0.05, 0.1) is 12.7 Å². The molecular weight excluding hydrogens is 287 g/mol. The van der Waals surface area contributed by atoms with Crippen molar-refractivity contribution >= 4 is 13.7 Å². The van der Waals surface area contributed by atoms with Crippen LogP contribution in [0.1, 0.15) is 29.4 Å². The van der Waals surface area contributed by atoms with Crippen LogP contribution in [0.2, 0.25) is 0 Å². The van der Waals surface area contributed by atoms with Gasteiger partial charge in [0.2, 0.25) is 0 Å². The van der Waals surface area contributed by atoms with Crippen LogP contribution >= 0.6 is 7.82 Å². The molecule has 9 heteroatoms. The van der Waals surface area contributed by atoms with Crippen LogP contribution in [0.15, 0.2) is 24.5 Å². The zero-order valence-corrected chi connectivity index (χ0v) is 11.5. The van der Waals surface area contributed by atoms with Crippen LogP contribution in [0.3, 0.4) is 0 Å². The van der Waals surface area contributed by atoms with Crippen molar-refractivity contribution in [1.82, 2.24) is 0 Å². The van der Waals surface area contributed by atoms with Crippen LogP contribution in [0, 0.1) is 0 Å². The van der Waals surface area contributed by atoms with Crippen molar-refractivity contribution in [2.75, 3.05) is 6.61 Å². The van der Waals surface area contributed by atoms with E-state index < -0.39 is 19.8 Å². The van der Waals surface area contributed by atoms with Crippen LogP contribution in [-0.4, -0.2) is 28.4 Å². The summed E-state index contributed by atoms with van der Waals surface area (Å²) >= 11 is 0. The maximum Gasteiger partial charge on any atom is 0.469 e. The quantitative estimate of drug-likeness (QED) is 0.514. The van der Waals surface area contributed by atoms with Gasteiger partial charge in [0, 0.05) is 12.5 Å². The first-order valence-corrected chi connectivity index (χ1v) is 7.54. The molecule has 0 bridgehead atoms. The van der Waals surface area contributed by atoms with Gasteiger partial charge in [-0.15, -0.1) is 0 Å². The lowest BCUT2D eigenvalue weighted by Gasteiger charge is -2.11. The number of nitrogens with two attached hydrogens (primary N) is 1. The number of rotatable bonds is 5. The van der Waals surface area contributed by atoms with Gasteiger partial charge < -0.3 is 20.3 Å². The highest BCUT2D eigenvalue weighted by Gasteiger charge is 2.33. The Morgan fingerprint density at radius 1 is 1.55 bits per heavy atom.